The van der Waals surface area contributed by atoms with Crippen LogP contribution in [0, 0.1) is 0 Å². The number of benzene rings is 2. The van der Waals surface area contributed by atoms with Gasteiger partial charge in [0.2, 0.25) is 5.78 Å². The lowest BCUT2D eigenvalue weighted by Gasteiger charge is -2.08. The second-order valence-corrected chi connectivity index (χ2v) is 6.08. The van der Waals surface area contributed by atoms with Crippen LogP contribution in [0.5, 0.6) is 5.75 Å². The Labute approximate surface area is 139 Å². The first-order valence-corrected chi connectivity index (χ1v) is 7.46. The third kappa shape index (κ3) is 3.89. The molecule has 104 valence electrons. The molecular formula is C14H8BrCl3O2. The summed E-state index contributed by atoms with van der Waals surface area (Å²) >= 11 is 21.1. The summed E-state index contributed by atoms with van der Waals surface area (Å²) in [5.41, 5.74) is 0.326. The van der Waals surface area contributed by atoms with E-state index in [1.54, 1.807) is 30.3 Å². The lowest BCUT2D eigenvalue weighted by Crippen LogP contribution is -2.12. The zero-order chi connectivity index (χ0) is 14.7. The SMILES string of the molecule is O=C(COc1ccc(Br)cc1Cl)c1cc(Cl)ccc1Cl. The number of hydrogen-bond donors (Lipinski definition) is 0. The third-order valence-corrected chi connectivity index (χ3v) is 3.83. The van der Waals surface area contributed by atoms with Crippen molar-refractivity contribution in [3.05, 3.63) is 61.5 Å². The van der Waals surface area contributed by atoms with Gasteiger partial charge in [0.1, 0.15) is 5.75 Å². The standard InChI is InChI=1S/C14H8BrCl3O2/c15-8-1-4-14(12(18)5-8)20-7-13(19)10-6-9(16)2-3-11(10)17/h1-6H,7H2. The number of carbonyl (C=O) groups excluding carboxylic acids is 1. The molecule has 0 atom stereocenters. The molecule has 2 rings (SSSR count). The molecule has 20 heavy (non-hydrogen) atoms. The van der Waals surface area contributed by atoms with Gasteiger partial charge in [-0.05, 0) is 36.4 Å². The number of ether oxygens (including phenoxy) is 1. The van der Waals surface area contributed by atoms with Gasteiger partial charge in [0.25, 0.3) is 0 Å². The Bertz CT molecular complexity index is 659. The molecule has 0 amide bonds. The van der Waals surface area contributed by atoms with E-state index < -0.39 is 0 Å². The first kappa shape index (κ1) is 15.6. The molecule has 0 fully saturated rings. The minimum absolute atomic E-state index is 0.165. The Balaban J connectivity index is 2.10. The highest BCUT2D eigenvalue weighted by Crippen LogP contribution is 2.28. The second kappa shape index (κ2) is 6.81. The van der Waals surface area contributed by atoms with Crippen LogP contribution in [-0.2, 0) is 0 Å². The van der Waals surface area contributed by atoms with E-state index in [9.17, 15) is 4.79 Å². The number of halogens is 4. The average molecular weight is 394 g/mol. The molecular weight excluding hydrogens is 386 g/mol. The summed E-state index contributed by atoms with van der Waals surface area (Å²) in [6.45, 7) is -0.165. The molecule has 0 saturated carbocycles. The first-order chi connectivity index (χ1) is 9.47. The number of carbonyl (C=O) groups is 1. The lowest BCUT2D eigenvalue weighted by atomic mass is 10.1. The molecule has 6 heteroatoms. The summed E-state index contributed by atoms with van der Waals surface area (Å²) in [4.78, 5) is 12.0. The molecule has 0 bridgehead atoms. The summed E-state index contributed by atoms with van der Waals surface area (Å²) in [5.74, 6) is 0.165. The van der Waals surface area contributed by atoms with Gasteiger partial charge in [-0.3, -0.25) is 4.79 Å². The summed E-state index contributed by atoms with van der Waals surface area (Å²) in [6, 6.07) is 9.85. The fourth-order valence-electron chi connectivity index (χ4n) is 1.52. The van der Waals surface area contributed by atoms with Gasteiger partial charge in [0.15, 0.2) is 6.61 Å². The Kier molecular flexibility index (Phi) is 5.33. The molecule has 0 aliphatic heterocycles. The molecule has 2 aromatic rings. The van der Waals surface area contributed by atoms with Crippen LogP contribution in [0.25, 0.3) is 0 Å². The minimum atomic E-state index is -0.267. The maximum Gasteiger partial charge on any atom is 0.201 e. The maximum absolute atomic E-state index is 12.0. The highest BCUT2D eigenvalue weighted by Gasteiger charge is 2.13. The third-order valence-electron chi connectivity index (χ3n) is 2.48. The second-order valence-electron chi connectivity index (χ2n) is 3.91. The van der Waals surface area contributed by atoms with Gasteiger partial charge in [-0.15, -0.1) is 0 Å². The normalized spacial score (nSPS) is 10.4. The van der Waals surface area contributed by atoms with Crippen LogP contribution in [0.1, 0.15) is 10.4 Å². The highest BCUT2D eigenvalue weighted by molar-refractivity contribution is 9.10. The van der Waals surface area contributed by atoms with Crippen LogP contribution in [0.4, 0.5) is 0 Å². The van der Waals surface area contributed by atoms with Gasteiger partial charge >= 0.3 is 0 Å². The van der Waals surface area contributed by atoms with Crippen molar-refractivity contribution in [1.82, 2.24) is 0 Å². The Morgan fingerprint density at radius 1 is 1.05 bits per heavy atom. The lowest BCUT2D eigenvalue weighted by molar-refractivity contribution is 0.0922. The van der Waals surface area contributed by atoms with E-state index in [0.29, 0.717) is 26.4 Å². The largest absolute Gasteiger partial charge is 0.484 e. The van der Waals surface area contributed by atoms with Gasteiger partial charge in [-0.25, -0.2) is 0 Å². The minimum Gasteiger partial charge on any atom is -0.484 e. The van der Waals surface area contributed by atoms with E-state index in [2.05, 4.69) is 15.9 Å². The van der Waals surface area contributed by atoms with Crippen LogP contribution < -0.4 is 4.74 Å². The van der Waals surface area contributed by atoms with Crippen molar-refractivity contribution < 1.29 is 9.53 Å². The summed E-state index contributed by atoms with van der Waals surface area (Å²) in [7, 11) is 0. The number of hydrogen-bond acceptors (Lipinski definition) is 2. The number of rotatable bonds is 4. The predicted molar refractivity (Wildman–Crippen MR) is 85.4 cm³/mol. The fraction of sp³-hybridized carbons (Fsp3) is 0.0714. The first-order valence-electron chi connectivity index (χ1n) is 5.53. The topological polar surface area (TPSA) is 26.3 Å². The highest BCUT2D eigenvalue weighted by atomic mass is 79.9. The van der Waals surface area contributed by atoms with Gasteiger partial charge in [0, 0.05) is 15.1 Å². The van der Waals surface area contributed by atoms with E-state index in [4.69, 9.17) is 39.5 Å². The molecule has 0 unspecified atom stereocenters. The van der Waals surface area contributed by atoms with Crippen molar-refractivity contribution in [2.75, 3.05) is 6.61 Å². The molecule has 2 nitrogen and oxygen atoms in total. The van der Waals surface area contributed by atoms with Gasteiger partial charge in [-0.1, -0.05) is 50.7 Å². The molecule has 0 radical (unpaired) electrons. The zero-order valence-electron chi connectivity index (χ0n) is 10.00. The van der Waals surface area contributed by atoms with Crippen molar-refractivity contribution in [3.63, 3.8) is 0 Å². The summed E-state index contributed by atoms with van der Waals surface area (Å²) < 4.78 is 6.23. The van der Waals surface area contributed by atoms with Gasteiger partial charge < -0.3 is 4.74 Å². The van der Waals surface area contributed by atoms with Crippen LogP contribution in [0.2, 0.25) is 15.1 Å². The molecule has 0 spiro atoms. The van der Waals surface area contributed by atoms with E-state index >= 15 is 0 Å². The van der Waals surface area contributed by atoms with Crippen molar-refractivity contribution in [2.45, 2.75) is 0 Å². The van der Waals surface area contributed by atoms with Crippen molar-refractivity contribution in [1.29, 1.82) is 0 Å². The molecule has 2 aromatic carbocycles. The number of ketones is 1. The zero-order valence-corrected chi connectivity index (χ0v) is 13.9. The maximum atomic E-state index is 12.0. The predicted octanol–water partition coefficient (Wildman–Crippen LogP) is 5.67. The van der Waals surface area contributed by atoms with E-state index in [1.807, 2.05) is 0 Å². The van der Waals surface area contributed by atoms with Crippen LogP contribution in [-0.4, -0.2) is 12.4 Å². The monoisotopic (exact) mass is 392 g/mol. The van der Waals surface area contributed by atoms with Gasteiger partial charge in [0.05, 0.1) is 10.0 Å². The van der Waals surface area contributed by atoms with E-state index in [1.165, 1.54) is 6.07 Å². The fourth-order valence-corrected chi connectivity index (χ4v) is 2.65. The van der Waals surface area contributed by atoms with Crippen molar-refractivity contribution in [2.24, 2.45) is 0 Å². The average Bonchev–Trinajstić information content (AvgIpc) is 2.40. The molecule has 0 saturated heterocycles. The summed E-state index contributed by atoms with van der Waals surface area (Å²) in [5, 5.41) is 1.20. The van der Waals surface area contributed by atoms with E-state index in [0.717, 1.165) is 4.47 Å². The molecule has 0 N–H and O–H groups in total. The molecule has 0 aromatic heterocycles. The van der Waals surface area contributed by atoms with Crippen LogP contribution in [0.3, 0.4) is 0 Å². The Morgan fingerprint density at radius 2 is 1.80 bits per heavy atom. The van der Waals surface area contributed by atoms with Gasteiger partial charge in [-0.2, -0.15) is 0 Å². The molecule has 0 aliphatic carbocycles. The van der Waals surface area contributed by atoms with Crippen molar-refractivity contribution >= 4 is 56.5 Å². The van der Waals surface area contributed by atoms with Crippen molar-refractivity contribution in [3.8, 4) is 5.75 Å². The van der Waals surface area contributed by atoms with Crippen LogP contribution >= 0.6 is 50.7 Å². The quantitative estimate of drug-likeness (QED) is 0.625. The van der Waals surface area contributed by atoms with Crippen LogP contribution in [0.15, 0.2) is 40.9 Å². The smallest absolute Gasteiger partial charge is 0.201 e. The Hall–Kier alpha value is -0.740. The van der Waals surface area contributed by atoms with E-state index in [-0.39, 0.29) is 12.4 Å². The Morgan fingerprint density at radius 3 is 2.50 bits per heavy atom. The molecule has 0 heterocycles. The number of Topliss-reactive ketones (excluding diaryl/α,β-unsaturated/α-hetero) is 1. The summed E-state index contributed by atoms with van der Waals surface area (Å²) in [6.07, 6.45) is 0. The molecule has 0 aliphatic rings.